The first-order valence-corrected chi connectivity index (χ1v) is 6.98. The van der Waals surface area contributed by atoms with E-state index >= 15 is 0 Å². The molecule has 0 bridgehead atoms. The van der Waals surface area contributed by atoms with Crippen LogP contribution in [0.5, 0.6) is 0 Å². The van der Waals surface area contributed by atoms with Gasteiger partial charge in [-0.3, -0.25) is 14.8 Å². The van der Waals surface area contributed by atoms with E-state index in [1.165, 1.54) is 24.3 Å². The molecule has 0 aromatic heterocycles. The predicted molar refractivity (Wildman–Crippen MR) is 80.0 cm³/mol. The molecule has 0 heterocycles. The summed E-state index contributed by atoms with van der Waals surface area (Å²) in [5.41, 5.74) is -2.17. The summed E-state index contributed by atoms with van der Waals surface area (Å²) in [5.74, 6) is -3.70. The van der Waals surface area contributed by atoms with E-state index in [0.29, 0.717) is 0 Å². The average Bonchev–Trinajstić information content (AvgIpc) is 2.53. The highest BCUT2D eigenvalue weighted by Gasteiger charge is 2.37. The van der Waals surface area contributed by atoms with Crippen LogP contribution in [-0.2, 0) is 15.2 Å². The molecule has 2 aromatic carbocycles. The minimum atomic E-state index is -2.13. The third kappa shape index (κ3) is 3.64. The van der Waals surface area contributed by atoms with E-state index in [0.717, 1.165) is 31.3 Å². The molecule has 7 heteroatoms. The van der Waals surface area contributed by atoms with Crippen molar-refractivity contribution in [2.45, 2.75) is 12.0 Å². The number of halogens is 2. The molecule has 126 valence electrons. The quantitative estimate of drug-likeness (QED) is 0.498. The highest BCUT2D eigenvalue weighted by Crippen LogP contribution is 2.34. The maximum atomic E-state index is 13.5. The second-order valence-electron chi connectivity index (χ2n) is 5.31. The molecular weight excluding hydrogens is 320 g/mol. The minimum absolute atomic E-state index is 0.0187. The van der Waals surface area contributed by atoms with E-state index < -0.39 is 35.3 Å². The Morgan fingerprint density at radius 3 is 1.88 bits per heavy atom. The number of hydrogen-bond donors (Lipinski definition) is 2. The molecule has 0 unspecified atom stereocenters. The number of carbonyl (C=O) groups excluding carboxylic acids is 2. The summed E-state index contributed by atoms with van der Waals surface area (Å²) in [6, 6.07) is 9.62. The van der Waals surface area contributed by atoms with Gasteiger partial charge in [0.25, 0.3) is 0 Å². The zero-order chi connectivity index (χ0) is 17.9. The van der Waals surface area contributed by atoms with Gasteiger partial charge in [-0.25, -0.2) is 13.8 Å². The number of rotatable bonds is 5. The number of amides is 1. The third-order valence-electron chi connectivity index (χ3n) is 3.55. The van der Waals surface area contributed by atoms with Crippen molar-refractivity contribution >= 4 is 11.7 Å². The van der Waals surface area contributed by atoms with Crippen molar-refractivity contribution in [1.82, 2.24) is 5.06 Å². The van der Waals surface area contributed by atoms with Crippen LogP contribution in [0.25, 0.3) is 0 Å². The van der Waals surface area contributed by atoms with Crippen molar-refractivity contribution in [3.05, 3.63) is 71.3 Å². The zero-order valence-electron chi connectivity index (χ0n) is 12.7. The Morgan fingerprint density at radius 2 is 1.50 bits per heavy atom. The summed E-state index contributed by atoms with van der Waals surface area (Å²) < 4.78 is 27.1. The van der Waals surface area contributed by atoms with Crippen LogP contribution in [0, 0.1) is 11.6 Å². The topological polar surface area (TPSA) is 77.8 Å². The van der Waals surface area contributed by atoms with Crippen molar-refractivity contribution in [3.8, 4) is 0 Å². The van der Waals surface area contributed by atoms with Gasteiger partial charge >= 0.3 is 5.91 Å². The fourth-order valence-electron chi connectivity index (χ4n) is 2.35. The van der Waals surface area contributed by atoms with E-state index in [-0.39, 0.29) is 16.2 Å². The Hall–Kier alpha value is -2.64. The molecule has 0 atom stereocenters. The van der Waals surface area contributed by atoms with Gasteiger partial charge in [0.2, 0.25) is 5.78 Å². The number of aliphatic hydroxyl groups is 1. The minimum Gasteiger partial charge on any atom is -0.380 e. The first-order valence-electron chi connectivity index (χ1n) is 6.98. The van der Waals surface area contributed by atoms with Crippen molar-refractivity contribution in [2.24, 2.45) is 0 Å². The lowest BCUT2D eigenvalue weighted by Gasteiger charge is -2.29. The number of likely N-dealkylation sites (N-methyl/N-ethyl adjacent to an activating group) is 1. The predicted octanol–water partition coefficient (Wildman–Crippen LogP) is 2.01. The van der Waals surface area contributed by atoms with Gasteiger partial charge < -0.3 is 5.11 Å². The monoisotopic (exact) mass is 335 g/mol. The van der Waals surface area contributed by atoms with Crippen LogP contribution < -0.4 is 0 Å². The highest BCUT2D eigenvalue weighted by atomic mass is 19.1. The molecule has 0 saturated carbocycles. The van der Waals surface area contributed by atoms with Crippen LogP contribution >= 0.6 is 0 Å². The number of carbonyl (C=O) groups is 2. The maximum Gasteiger partial charge on any atom is 0.313 e. The van der Waals surface area contributed by atoms with Gasteiger partial charge in [0.05, 0.1) is 6.42 Å². The molecule has 0 aliphatic heterocycles. The third-order valence-corrected chi connectivity index (χ3v) is 3.55. The molecule has 0 aliphatic carbocycles. The summed E-state index contributed by atoms with van der Waals surface area (Å²) in [6.45, 7) is 0. The van der Waals surface area contributed by atoms with E-state index in [1.807, 2.05) is 0 Å². The Kier molecular flexibility index (Phi) is 5.06. The van der Waals surface area contributed by atoms with Gasteiger partial charge in [-0.1, -0.05) is 24.3 Å². The molecular formula is C17H15F2NO4. The maximum absolute atomic E-state index is 13.5. The lowest BCUT2D eigenvalue weighted by atomic mass is 9.82. The van der Waals surface area contributed by atoms with Gasteiger partial charge in [-0.2, -0.15) is 0 Å². The Bertz CT molecular complexity index is 731. The van der Waals surface area contributed by atoms with E-state index in [2.05, 4.69) is 0 Å². The number of ketones is 1. The van der Waals surface area contributed by atoms with Gasteiger partial charge in [0.1, 0.15) is 17.2 Å². The molecule has 5 nitrogen and oxygen atoms in total. The summed E-state index contributed by atoms with van der Waals surface area (Å²) in [4.78, 5) is 23.6. The SMILES string of the molecule is CN(O)C(=O)C(=O)CC(O)(c1cccc(F)c1)c1cccc(F)c1. The lowest BCUT2D eigenvalue weighted by Crippen LogP contribution is -2.37. The zero-order valence-corrected chi connectivity index (χ0v) is 12.7. The molecule has 2 rings (SSSR count). The molecule has 0 spiro atoms. The highest BCUT2D eigenvalue weighted by molar-refractivity contribution is 6.35. The second-order valence-corrected chi connectivity index (χ2v) is 5.31. The largest absolute Gasteiger partial charge is 0.380 e. The fourth-order valence-corrected chi connectivity index (χ4v) is 2.35. The Morgan fingerprint density at radius 1 is 1.04 bits per heavy atom. The van der Waals surface area contributed by atoms with E-state index in [1.54, 1.807) is 0 Å². The first-order chi connectivity index (χ1) is 11.2. The molecule has 1 amide bonds. The lowest BCUT2D eigenvalue weighted by molar-refractivity contribution is -0.166. The average molecular weight is 335 g/mol. The van der Waals surface area contributed by atoms with Crippen LogP contribution in [-0.4, -0.2) is 34.1 Å². The van der Waals surface area contributed by atoms with E-state index in [4.69, 9.17) is 5.21 Å². The molecule has 0 aliphatic rings. The van der Waals surface area contributed by atoms with Crippen molar-refractivity contribution in [2.75, 3.05) is 7.05 Å². The fraction of sp³-hybridized carbons (Fsp3) is 0.176. The van der Waals surface area contributed by atoms with Crippen LogP contribution in [0.2, 0.25) is 0 Å². The first kappa shape index (κ1) is 17.7. The Balaban J connectivity index is 2.53. The standard InChI is InChI=1S/C17H15F2NO4/c1-20(24)16(22)15(21)10-17(23,11-4-2-6-13(18)8-11)12-5-3-7-14(19)9-12/h2-9,23-24H,10H2,1H3. The molecule has 0 saturated heterocycles. The van der Waals surface area contributed by atoms with Gasteiger partial charge in [0.15, 0.2) is 0 Å². The van der Waals surface area contributed by atoms with Crippen molar-refractivity contribution in [3.63, 3.8) is 0 Å². The molecule has 0 radical (unpaired) electrons. The second kappa shape index (κ2) is 6.86. The van der Waals surface area contributed by atoms with Gasteiger partial charge in [-0.05, 0) is 35.4 Å². The van der Waals surface area contributed by atoms with Crippen LogP contribution in [0.4, 0.5) is 8.78 Å². The molecule has 0 fully saturated rings. The number of hydrogen-bond acceptors (Lipinski definition) is 4. The summed E-state index contributed by atoms with van der Waals surface area (Å²) in [6.07, 6.45) is -0.788. The number of Topliss-reactive ketones (excluding diaryl/α,β-unsaturated/α-hetero) is 1. The number of benzene rings is 2. The van der Waals surface area contributed by atoms with Crippen LogP contribution in [0.15, 0.2) is 48.5 Å². The van der Waals surface area contributed by atoms with Gasteiger partial charge in [0, 0.05) is 7.05 Å². The van der Waals surface area contributed by atoms with Gasteiger partial charge in [-0.15, -0.1) is 0 Å². The molecule has 2 N–H and O–H groups in total. The molecule has 24 heavy (non-hydrogen) atoms. The van der Waals surface area contributed by atoms with E-state index in [9.17, 15) is 23.5 Å². The Labute approximate surface area is 136 Å². The molecule has 2 aromatic rings. The van der Waals surface area contributed by atoms with Crippen LogP contribution in [0.3, 0.4) is 0 Å². The summed E-state index contributed by atoms with van der Waals surface area (Å²) >= 11 is 0. The number of hydroxylamine groups is 2. The number of nitrogens with zero attached hydrogens (tertiary/aromatic N) is 1. The summed E-state index contributed by atoms with van der Waals surface area (Å²) in [5, 5.41) is 20.2. The van der Waals surface area contributed by atoms with Crippen molar-refractivity contribution in [1.29, 1.82) is 0 Å². The summed E-state index contributed by atoms with van der Waals surface area (Å²) in [7, 11) is 0.962. The normalized spacial score (nSPS) is 11.2. The van der Waals surface area contributed by atoms with Crippen molar-refractivity contribution < 1.29 is 28.7 Å². The van der Waals surface area contributed by atoms with Crippen LogP contribution in [0.1, 0.15) is 17.5 Å². The smallest absolute Gasteiger partial charge is 0.313 e.